The molecular weight excluding hydrogens is 286 g/mol. The van der Waals surface area contributed by atoms with Gasteiger partial charge in [-0.1, -0.05) is 17.7 Å². The third-order valence-electron chi connectivity index (χ3n) is 2.57. The Morgan fingerprint density at radius 1 is 1.37 bits per heavy atom. The van der Waals surface area contributed by atoms with Crippen molar-refractivity contribution in [3.63, 3.8) is 0 Å². The number of halogens is 1. The number of hydrogen-bond donors (Lipinski definition) is 0. The largest absolute Gasteiger partial charge is 0.376 e. The second-order valence-electron chi connectivity index (χ2n) is 3.91. The molecule has 0 atom stereocenters. The van der Waals surface area contributed by atoms with Crippen LogP contribution in [-0.2, 0) is 17.8 Å². The van der Waals surface area contributed by atoms with E-state index in [-0.39, 0.29) is 12.3 Å². The molecule has 0 aliphatic carbocycles. The molecule has 0 bridgehead atoms. The summed E-state index contributed by atoms with van der Waals surface area (Å²) in [5.74, 6) is 0. The van der Waals surface area contributed by atoms with E-state index in [1.54, 1.807) is 11.3 Å². The van der Waals surface area contributed by atoms with Crippen LogP contribution in [0.4, 0.5) is 5.69 Å². The number of nitro groups is 1. The van der Waals surface area contributed by atoms with E-state index in [4.69, 9.17) is 16.3 Å². The van der Waals surface area contributed by atoms with Crippen molar-refractivity contribution in [2.75, 3.05) is 6.61 Å². The number of thiophene rings is 1. The maximum atomic E-state index is 10.7. The molecule has 0 spiro atoms. The fourth-order valence-electron chi connectivity index (χ4n) is 1.60. The van der Waals surface area contributed by atoms with E-state index in [2.05, 4.69) is 0 Å². The lowest BCUT2D eigenvalue weighted by atomic mass is 10.2. The summed E-state index contributed by atoms with van der Waals surface area (Å²) in [5.41, 5.74) is 0.670. The maximum absolute atomic E-state index is 10.7. The van der Waals surface area contributed by atoms with Crippen molar-refractivity contribution in [2.45, 2.75) is 13.0 Å². The molecule has 2 aromatic rings. The fraction of sp³-hybridized carbons (Fsp3) is 0.231. The normalized spacial score (nSPS) is 10.6. The Kier molecular flexibility index (Phi) is 4.90. The Morgan fingerprint density at radius 3 is 2.89 bits per heavy atom. The number of nitro benzene ring substituents is 1. The van der Waals surface area contributed by atoms with Crippen LogP contribution >= 0.6 is 22.9 Å². The number of rotatable bonds is 6. The van der Waals surface area contributed by atoms with Crippen LogP contribution in [0.15, 0.2) is 35.7 Å². The smallest absolute Gasteiger partial charge is 0.269 e. The van der Waals surface area contributed by atoms with Gasteiger partial charge < -0.3 is 4.74 Å². The molecule has 0 aliphatic heterocycles. The van der Waals surface area contributed by atoms with E-state index >= 15 is 0 Å². The molecule has 1 heterocycles. The molecule has 4 nitrogen and oxygen atoms in total. The van der Waals surface area contributed by atoms with Gasteiger partial charge in [0.15, 0.2) is 0 Å². The van der Waals surface area contributed by atoms with E-state index in [1.165, 1.54) is 23.1 Å². The van der Waals surface area contributed by atoms with Crippen LogP contribution in [0.1, 0.15) is 10.4 Å². The zero-order valence-corrected chi connectivity index (χ0v) is 11.6. The Hall–Kier alpha value is -1.43. The van der Waals surface area contributed by atoms with Gasteiger partial charge in [-0.25, -0.2) is 0 Å². The fourth-order valence-corrected chi connectivity index (χ4v) is 2.46. The van der Waals surface area contributed by atoms with Crippen molar-refractivity contribution in [1.82, 2.24) is 0 Å². The van der Waals surface area contributed by atoms with Crippen molar-refractivity contribution in [3.8, 4) is 0 Å². The van der Waals surface area contributed by atoms with Gasteiger partial charge in [0.05, 0.1) is 18.1 Å². The van der Waals surface area contributed by atoms with Crippen molar-refractivity contribution >= 4 is 28.6 Å². The van der Waals surface area contributed by atoms with Crippen molar-refractivity contribution in [1.29, 1.82) is 0 Å². The molecule has 2 rings (SSSR count). The molecule has 1 aromatic carbocycles. The summed E-state index contributed by atoms with van der Waals surface area (Å²) in [6.07, 6.45) is 0.838. The number of nitrogens with zero attached hydrogens (tertiary/aromatic N) is 1. The van der Waals surface area contributed by atoms with Crippen LogP contribution < -0.4 is 0 Å². The van der Waals surface area contributed by atoms with E-state index in [9.17, 15) is 10.1 Å². The molecule has 1 aromatic heterocycles. The lowest BCUT2D eigenvalue weighted by molar-refractivity contribution is -0.384. The number of benzene rings is 1. The van der Waals surface area contributed by atoms with Crippen LogP contribution in [0.5, 0.6) is 0 Å². The third-order valence-corrected chi connectivity index (χ3v) is 3.88. The zero-order valence-electron chi connectivity index (χ0n) is 10.0. The van der Waals surface area contributed by atoms with E-state index in [0.29, 0.717) is 17.2 Å². The highest BCUT2D eigenvalue weighted by atomic mass is 35.5. The number of non-ortho nitro benzene ring substituents is 1. The molecule has 0 aliphatic rings. The van der Waals surface area contributed by atoms with Crippen molar-refractivity contribution in [2.24, 2.45) is 0 Å². The molecule has 100 valence electrons. The van der Waals surface area contributed by atoms with Gasteiger partial charge in [0.2, 0.25) is 0 Å². The Morgan fingerprint density at radius 2 is 2.21 bits per heavy atom. The minimum Gasteiger partial charge on any atom is -0.376 e. The minimum absolute atomic E-state index is 0.0289. The lowest BCUT2D eigenvalue weighted by Crippen LogP contribution is -1.99. The third kappa shape index (κ3) is 4.02. The predicted octanol–water partition coefficient (Wildman–Crippen LogP) is 4.07. The second-order valence-corrected chi connectivity index (χ2v) is 5.35. The molecule has 6 heteroatoms. The highest BCUT2D eigenvalue weighted by Crippen LogP contribution is 2.22. The van der Waals surface area contributed by atoms with Gasteiger partial charge >= 0.3 is 0 Å². The Labute approximate surface area is 119 Å². The number of ether oxygens (including phenoxy) is 1. The maximum Gasteiger partial charge on any atom is 0.269 e. The van der Waals surface area contributed by atoms with Gasteiger partial charge in [0.1, 0.15) is 0 Å². The number of hydrogen-bond acceptors (Lipinski definition) is 4. The van der Waals surface area contributed by atoms with Gasteiger partial charge in [-0.3, -0.25) is 10.1 Å². The van der Waals surface area contributed by atoms with Crippen LogP contribution in [-0.4, -0.2) is 11.5 Å². The molecular formula is C13H12ClNO3S. The summed E-state index contributed by atoms with van der Waals surface area (Å²) in [4.78, 5) is 11.5. The zero-order chi connectivity index (χ0) is 13.7. The monoisotopic (exact) mass is 297 g/mol. The average molecular weight is 298 g/mol. The molecule has 0 saturated heterocycles. The molecule has 0 saturated carbocycles. The summed E-state index contributed by atoms with van der Waals surface area (Å²) in [5, 5.41) is 13.2. The minimum atomic E-state index is -0.439. The first-order valence-electron chi connectivity index (χ1n) is 5.70. The van der Waals surface area contributed by atoms with Crippen LogP contribution in [0.2, 0.25) is 5.02 Å². The Balaban J connectivity index is 1.88. The molecule has 0 unspecified atom stereocenters. The van der Waals surface area contributed by atoms with E-state index in [1.807, 2.05) is 17.5 Å². The molecule has 0 amide bonds. The first-order chi connectivity index (χ1) is 9.16. The summed E-state index contributed by atoms with van der Waals surface area (Å²) < 4.78 is 5.51. The van der Waals surface area contributed by atoms with Crippen LogP contribution in [0, 0.1) is 10.1 Å². The highest BCUT2D eigenvalue weighted by Gasteiger charge is 2.09. The average Bonchev–Trinajstić information content (AvgIpc) is 2.89. The summed E-state index contributed by atoms with van der Waals surface area (Å²) in [7, 11) is 0. The summed E-state index contributed by atoms with van der Waals surface area (Å²) >= 11 is 7.66. The quantitative estimate of drug-likeness (QED) is 0.459. The standard InChI is InChI=1S/C13H12ClNO3S/c14-13-4-3-11(15(16)17)8-10(13)9-18-6-5-12-2-1-7-19-12/h1-4,7-8H,5-6,9H2. The summed E-state index contributed by atoms with van der Waals surface area (Å²) in [6, 6.07) is 8.41. The first-order valence-corrected chi connectivity index (χ1v) is 6.95. The molecule has 0 radical (unpaired) electrons. The van der Waals surface area contributed by atoms with Gasteiger partial charge in [0.25, 0.3) is 5.69 Å². The van der Waals surface area contributed by atoms with Gasteiger partial charge in [-0.05, 0) is 17.5 Å². The van der Waals surface area contributed by atoms with E-state index < -0.39 is 4.92 Å². The van der Waals surface area contributed by atoms with Gasteiger partial charge in [-0.2, -0.15) is 0 Å². The predicted molar refractivity (Wildman–Crippen MR) is 75.8 cm³/mol. The van der Waals surface area contributed by atoms with Crippen LogP contribution in [0.3, 0.4) is 0 Å². The first kappa shape index (κ1) is 14.0. The Bertz CT molecular complexity index is 557. The summed E-state index contributed by atoms with van der Waals surface area (Å²) in [6.45, 7) is 0.853. The SMILES string of the molecule is O=[N+]([O-])c1ccc(Cl)c(COCCc2cccs2)c1. The lowest BCUT2D eigenvalue weighted by Gasteiger charge is -2.05. The van der Waals surface area contributed by atoms with Crippen molar-refractivity contribution in [3.05, 3.63) is 61.3 Å². The second kappa shape index (κ2) is 6.65. The molecule has 19 heavy (non-hydrogen) atoms. The highest BCUT2D eigenvalue weighted by molar-refractivity contribution is 7.09. The van der Waals surface area contributed by atoms with Gasteiger partial charge in [-0.15, -0.1) is 11.3 Å². The van der Waals surface area contributed by atoms with Crippen molar-refractivity contribution < 1.29 is 9.66 Å². The topological polar surface area (TPSA) is 52.4 Å². The molecule has 0 fully saturated rings. The van der Waals surface area contributed by atoms with Crippen LogP contribution in [0.25, 0.3) is 0 Å². The molecule has 0 N–H and O–H groups in total. The van der Waals surface area contributed by atoms with E-state index in [0.717, 1.165) is 6.42 Å². The van der Waals surface area contributed by atoms with Gasteiger partial charge in [0, 0.05) is 34.0 Å².